The van der Waals surface area contributed by atoms with E-state index in [0.717, 1.165) is 48.1 Å². The van der Waals surface area contributed by atoms with Crippen LogP contribution in [0.3, 0.4) is 0 Å². The number of hydrogen-bond donors (Lipinski definition) is 2. The number of rotatable bonds is 8. The zero-order valence-corrected chi connectivity index (χ0v) is 39.8. The van der Waals surface area contributed by atoms with Gasteiger partial charge in [-0.1, -0.05) is 135 Å². The molecule has 15 nitrogen and oxygen atoms in total. The van der Waals surface area contributed by atoms with Crippen LogP contribution in [0, 0.1) is 23.7 Å². The molecule has 4 aliphatic rings. The van der Waals surface area contributed by atoms with E-state index in [4.69, 9.17) is 9.47 Å². The largest absolute Gasteiger partial charge is 0.508 e. The second-order valence-electron chi connectivity index (χ2n) is 19.1. The summed E-state index contributed by atoms with van der Waals surface area (Å²) in [4.78, 5) is 81.7. The quantitative estimate of drug-likeness (QED) is 0.114. The van der Waals surface area contributed by atoms with Crippen molar-refractivity contribution in [2.75, 3.05) is 25.1 Å². The number of benzene rings is 5. The number of carbonyl (C=O) groups is 5. The first-order valence-electron chi connectivity index (χ1n) is 24.3. The fourth-order valence-corrected chi connectivity index (χ4v) is 11.4. The maximum absolute atomic E-state index is 16.7. The monoisotopic (exact) mass is 953 g/mol. The molecule has 5 heterocycles. The summed E-state index contributed by atoms with van der Waals surface area (Å²) in [6.45, 7) is 4.47. The van der Waals surface area contributed by atoms with Crippen molar-refractivity contribution >= 4 is 46.5 Å². The van der Waals surface area contributed by atoms with Crippen molar-refractivity contribution in [3.8, 4) is 17.6 Å². The fourth-order valence-electron chi connectivity index (χ4n) is 11.4. The Balaban J connectivity index is 1.25. The Morgan fingerprint density at radius 3 is 2.17 bits per heavy atom. The van der Waals surface area contributed by atoms with Gasteiger partial charge in [-0.25, -0.2) is 19.2 Å². The molecular formula is C56H55N7O8. The third-order valence-corrected chi connectivity index (χ3v) is 14.6. The van der Waals surface area contributed by atoms with Crippen LogP contribution in [-0.4, -0.2) is 92.0 Å². The van der Waals surface area contributed by atoms with Gasteiger partial charge in [-0.15, -0.1) is 5.10 Å². The predicted molar refractivity (Wildman–Crippen MR) is 263 cm³/mol. The highest BCUT2D eigenvalue weighted by Gasteiger charge is 2.76. The van der Waals surface area contributed by atoms with Crippen molar-refractivity contribution in [3.63, 3.8) is 0 Å². The average molecular weight is 954 g/mol. The van der Waals surface area contributed by atoms with Gasteiger partial charge >= 0.3 is 18.0 Å². The molecule has 362 valence electrons. The normalized spacial score (nSPS) is 23.5. The molecule has 1 aromatic heterocycles. The van der Waals surface area contributed by atoms with Gasteiger partial charge in [0.2, 0.25) is 11.8 Å². The van der Waals surface area contributed by atoms with Gasteiger partial charge in [0.25, 0.3) is 0 Å². The number of imide groups is 1. The SMILES string of the molecule is COC(=O)C(NC(=O)N1C(=O)C2(c3cc(C#CCn4nnc5ccccc54)ccc31)C(C(=O)N1CCCCCCC1)C1C(=O)OC(c3ccccc3)C(c3ccccc3)N1C2c1ccc(O)cc1)C(C)C. The van der Waals surface area contributed by atoms with Crippen LogP contribution in [0.4, 0.5) is 10.5 Å². The Bertz CT molecular complexity index is 3050. The lowest BCUT2D eigenvalue weighted by molar-refractivity contribution is -0.179. The minimum absolute atomic E-state index is 0.0372. The van der Waals surface area contributed by atoms with Crippen molar-refractivity contribution < 1.29 is 38.6 Å². The predicted octanol–water partition coefficient (Wildman–Crippen LogP) is 7.55. The Labute approximate surface area is 411 Å². The van der Waals surface area contributed by atoms with Gasteiger partial charge in [-0.3, -0.25) is 19.3 Å². The number of likely N-dealkylation sites (tertiary alicyclic amines) is 1. The number of nitrogens with zero attached hydrogens (tertiary/aromatic N) is 6. The summed E-state index contributed by atoms with van der Waals surface area (Å²) in [6.07, 6.45) is 3.36. The molecule has 71 heavy (non-hydrogen) atoms. The lowest BCUT2D eigenvalue weighted by atomic mass is 9.64. The number of phenolic OH excluding ortho intramolecular Hbond substituents is 1. The fraction of sp³-hybridized carbons (Fsp3) is 0.339. The molecule has 0 radical (unpaired) electrons. The van der Waals surface area contributed by atoms with E-state index in [2.05, 4.69) is 27.5 Å². The lowest BCUT2D eigenvalue weighted by Crippen LogP contribution is -2.58. The summed E-state index contributed by atoms with van der Waals surface area (Å²) < 4.78 is 13.4. The number of aromatic hydroxyl groups is 1. The van der Waals surface area contributed by atoms with Crippen LogP contribution < -0.4 is 10.2 Å². The molecule has 3 fully saturated rings. The molecule has 10 rings (SSSR count). The van der Waals surface area contributed by atoms with E-state index in [1.807, 2.05) is 89.8 Å². The van der Waals surface area contributed by atoms with Gasteiger partial charge in [-0.05, 0) is 83.5 Å². The number of anilines is 1. The van der Waals surface area contributed by atoms with Crippen LogP contribution in [0.5, 0.6) is 5.75 Å². The number of urea groups is 1. The van der Waals surface area contributed by atoms with E-state index in [1.54, 1.807) is 53.8 Å². The summed E-state index contributed by atoms with van der Waals surface area (Å²) in [6, 6.07) is 32.7. The van der Waals surface area contributed by atoms with Gasteiger partial charge in [0.05, 0.1) is 36.3 Å². The Kier molecular flexibility index (Phi) is 12.9. The number of ether oxygens (including phenoxy) is 2. The molecule has 0 saturated carbocycles. The Morgan fingerprint density at radius 1 is 0.817 bits per heavy atom. The average Bonchev–Trinajstić information content (AvgIpc) is 4.01. The van der Waals surface area contributed by atoms with E-state index in [-0.39, 0.29) is 18.0 Å². The number of amides is 4. The summed E-state index contributed by atoms with van der Waals surface area (Å²) in [5.41, 5.74) is 2.36. The maximum Gasteiger partial charge on any atom is 0.329 e. The van der Waals surface area contributed by atoms with Gasteiger partial charge in [0.15, 0.2) is 0 Å². The van der Waals surface area contributed by atoms with Gasteiger partial charge < -0.3 is 24.8 Å². The van der Waals surface area contributed by atoms with E-state index in [9.17, 15) is 9.90 Å². The number of cyclic esters (lactones) is 1. The van der Waals surface area contributed by atoms with E-state index >= 15 is 19.2 Å². The smallest absolute Gasteiger partial charge is 0.329 e. The number of para-hydroxylation sites is 1. The number of fused-ring (bicyclic) bond motifs is 4. The molecule has 0 bridgehead atoms. The van der Waals surface area contributed by atoms with E-state index in [1.165, 1.54) is 19.2 Å². The minimum atomic E-state index is -2.04. The Hall–Kier alpha value is -7.83. The Morgan fingerprint density at radius 2 is 1.48 bits per heavy atom. The number of aromatic nitrogens is 3. The molecule has 5 aromatic carbocycles. The van der Waals surface area contributed by atoms with Crippen molar-refractivity contribution in [2.45, 2.75) is 88.2 Å². The number of methoxy groups -OCH3 is 1. The van der Waals surface area contributed by atoms with Crippen molar-refractivity contribution in [3.05, 3.63) is 155 Å². The van der Waals surface area contributed by atoms with Gasteiger partial charge in [0, 0.05) is 18.7 Å². The van der Waals surface area contributed by atoms with Crippen LogP contribution >= 0.6 is 0 Å². The number of phenols is 1. The second-order valence-corrected chi connectivity index (χ2v) is 19.1. The van der Waals surface area contributed by atoms with Crippen LogP contribution in [0.1, 0.15) is 92.0 Å². The van der Waals surface area contributed by atoms with Crippen LogP contribution in [0.15, 0.2) is 127 Å². The molecule has 7 atom stereocenters. The first-order chi connectivity index (χ1) is 34.5. The zero-order chi connectivity index (χ0) is 49.4. The van der Waals surface area contributed by atoms with Crippen LogP contribution in [0.25, 0.3) is 11.0 Å². The van der Waals surface area contributed by atoms with E-state index < -0.39 is 77.3 Å². The standard InChI is InChI=1S/C56H55N7O8/c1-35(2)46(52(66)70-3)57-55(69)62-43-30-25-36(18-17-33-61-44-24-14-13-23-42(44)58-59-61)34-41(43)56(54(62)68)45(51(65)60-31-15-5-4-6-16-32-60)48-53(67)71-49(38-21-11-8-12-22-38)47(37-19-9-7-10-20-37)63(48)50(56)39-26-28-40(64)29-27-39/h7-14,19-30,34-35,45-50,64H,4-6,15-16,31-33H2,1-3H3,(H,57,69). The van der Waals surface area contributed by atoms with Crippen LogP contribution in [0.2, 0.25) is 0 Å². The molecule has 15 heteroatoms. The summed E-state index contributed by atoms with van der Waals surface area (Å²) in [5, 5.41) is 22.2. The molecule has 3 saturated heterocycles. The molecule has 6 aromatic rings. The number of morpholine rings is 1. The third kappa shape index (κ3) is 8.25. The first-order valence-corrected chi connectivity index (χ1v) is 24.3. The number of hydrogen-bond acceptors (Lipinski definition) is 11. The van der Waals surface area contributed by atoms with Crippen molar-refractivity contribution in [1.29, 1.82) is 0 Å². The third-order valence-electron chi connectivity index (χ3n) is 14.6. The molecule has 2 N–H and O–H groups in total. The minimum Gasteiger partial charge on any atom is -0.508 e. The van der Waals surface area contributed by atoms with Crippen LogP contribution in [-0.2, 0) is 40.6 Å². The highest BCUT2D eigenvalue weighted by Crippen LogP contribution is 2.66. The number of nitrogens with one attached hydrogen (secondary N) is 1. The van der Waals surface area contributed by atoms with Gasteiger partial charge in [0.1, 0.15) is 41.4 Å². The molecular weight excluding hydrogens is 899 g/mol. The summed E-state index contributed by atoms with van der Waals surface area (Å²) >= 11 is 0. The second kappa shape index (κ2) is 19.5. The summed E-state index contributed by atoms with van der Waals surface area (Å²) in [5.74, 6) is 1.95. The summed E-state index contributed by atoms with van der Waals surface area (Å²) in [7, 11) is 1.23. The highest BCUT2D eigenvalue weighted by atomic mass is 16.6. The molecule has 0 aliphatic carbocycles. The van der Waals surface area contributed by atoms with Crippen molar-refractivity contribution in [1.82, 2.24) is 30.1 Å². The molecule has 4 amide bonds. The van der Waals surface area contributed by atoms with Gasteiger partial charge in [-0.2, -0.15) is 0 Å². The van der Waals surface area contributed by atoms with Crippen molar-refractivity contribution in [2.24, 2.45) is 11.8 Å². The number of carbonyl (C=O) groups excluding carboxylic acids is 5. The number of esters is 2. The molecule has 1 spiro atoms. The zero-order valence-electron chi connectivity index (χ0n) is 39.8. The van der Waals surface area contributed by atoms with E-state index in [0.29, 0.717) is 40.9 Å². The highest BCUT2D eigenvalue weighted by molar-refractivity contribution is 6.25. The lowest BCUT2D eigenvalue weighted by Gasteiger charge is -2.46. The first kappa shape index (κ1) is 46.9. The molecule has 4 aliphatic heterocycles. The molecule has 7 unspecified atom stereocenters. The topological polar surface area (TPSA) is 176 Å². The maximum atomic E-state index is 16.7.